The lowest BCUT2D eigenvalue weighted by Gasteiger charge is -2.13. The van der Waals surface area contributed by atoms with E-state index in [9.17, 15) is 14.0 Å². The zero-order chi connectivity index (χ0) is 19.3. The van der Waals surface area contributed by atoms with Crippen LogP contribution in [0.3, 0.4) is 0 Å². The Morgan fingerprint density at radius 1 is 1.23 bits per heavy atom. The average molecular weight is 379 g/mol. The number of anilines is 1. The van der Waals surface area contributed by atoms with Crippen LogP contribution in [0.2, 0.25) is 5.02 Å². The smallest absolute Gasteiger partial charge is 0.321 e. The van der Waals surface area contributed by atoms with E-state index in [0.29, 0.717) is 11.4 Å². The minimum absolute atomic E-state index is 0.0868. The molecule has 0 saturated carbocycles. The van der Waals surface area contributed by atoms with Crippen molar-refractivity contribution in [3.05, 3.63) is 59.2 Å². The van der Waals surface area contributed by atoms with Crippen molar-refractivity contribution >= 4 is 29.2 Å². The summed E-state index contributed by atoms with van der Waals surface area (Å²) in [6.07, 6.45) is 1.26. The van der Waals surface area contributed by atoms with Gasteiger partial charge in [-0.25, -0.2) is 9.18 Å². The zero-order valence-electron chi connectivity index (χ0n) is 14.3. The molecule has 0 heterocycles. The van der Waals surface area contributed by atoms with Crippen LogP contribution in [-0.4, -0.2) is 30.9 Å². The van der Waals surface area contributed by atoms with Crippen LogP contribution in [-0.2, 0) is 4.79 Å². The Hall–Kier alpha value is -2.80. The average Bonchev–Trinajstić information content (AvgIpc) is 2.59. The summed E-state index contributed by atoms with van der Waals surface area (Å²) >= 11 is 6.02. The van der Waals surface area contributed by atoms with Gasteiger partial charge in [0.1, 0.15) is 5.75 Å². The van der Waals surface area contributed by atoms with Gasteiger partial charge < -0.3 is 20.7 Å². The van der Waals surface area contributed by atoms with Crippen LogP contribution >= 0.6 is 11.6 Å². The summed E-state index contributed by atoms with van der Waals surface area (Å²) < 4.78 is 20.1. The molecule has 6 nitrogen and oxygen atoms in total. The molecular weight excluding hydrogens is 361 g/mol. The molecule has 0 fully saturated rings. The molecule has 137 valence electrons. The lowest BCUT2D eigenvalue weighted by molar-refractivity contribution is -0.117. The number of carbonyl (C=O) groups is 2. The highest BCUT2D eigenvalue weighted by atomic mass is 35.5. The van der Waals surface area contributed by atoms with Crippen LogP contribution in [0.5, 0.6) is 11.5 Å². The molecule has 0 saturated heterocycles. The van der Waals surface area contributed by atoms with Crippen LogP contribution in [0.1, 0.15) is 12.0 Å². The Morgan fingerprint density at radius 2 is 1.88 bits per heavy atom. The lowest BCUT2D eigenvalue weighted by Crippen LogP contribution is -2.27. The van der Waals surface area contributed by atoms with Crippen LogP contribution in [0.15, 0.2) is 36.4 Å². The van der Waals surface area contributed by atoms with Gasteiger partial charge in [-0.3, -0.25) is 4.79 Å². The van der Waals surface area contributed by atoms with Gasteiger partial charge in [-0.15, -0.1) is 0 Å². The van der Waals surface area contributed by atoms with E-state index in [0.717, 1.165) is 0 Å². The summed E-state index contributed by atoms with van der Waals surface area (Å²) in [4.78, 5) is 23.9. The molecule has 0 bridgehead atoms. The van der Waals surface area contributed by atoms with Gasteiger partial charge in [-0.2, -0.15) is 0 Å². The maximum Gasteiger partial charge on any atom is 0.321 e. The van der Waals surface area contributed by atoms with Crippen molar-refractivity contribution in [3.8, 4) is 11.5 Å². The van der Waals surface area contributed by atoms with Crippen molar-refractivity contribution in [1.29, 1.82) is 0 Å². The molecule has 3 N–H and O–H groups in total. The summed E-state index contributed by atoms with van der Waals surface area (Å²) in [6.45, 7) is 0. The van der Waals surface area contributed by atoms with E-state index in [2.05, 4.69) is 5.32 Å². The fourth-order valence-corrected chi connectivity index (χ4v) is 2.15. The Balaban J connectivity index is 2.16. The number of nitrogens with zero attached hydrogens (tertiary/aromatic N) is 1. The van der Waals surface area contributed by atoms with E-state index in [1.807, 2.05) is 0 Å². The Bertz CT molecular complexity index is 810. The van der Waals surface area contributed by atoms with E-state index >= 15 is 0 Å². The minimum atomic E-state index is -0.691. The third-order valence-electron chi connectivity index (χ3n) is 3.33. The number of hydrogen-bond acceptors (Lipinski definition) is 3. The second-order valence-corrected chi connectivity index (χ2v) is 6.01. The number of rotatable bonds is 6. The van der Waals surface area contributed by atoms with Gasteiger partial charge in [-0.1, -0.05) is 17.7 Å². The van der Waals surface area contributed by atoms with E-state index < -0.39 is 11.7 Å². The van der Waals surface area contributed by atoms with Crippen molar-refractivity contribution in [2.24, 2.45) is 5.73 Å². The maximum atomic E-state index is 14.6. The zero-order valence-corrected chi connectivity index (χ0v) is 15.0. The van der Waals surface area contributed by atoms with Gasteiger partial charge in [0, 0.05) is 32.6 Å². The third kappa shape index (κ3) is 5.10. The van der Waals surface area contributed by atoms with Gasteiger partial charge in [-0.05, 0) is 35.9 Å². The van der Waals surface area contributed by atoms with Crippen molar-refractivity contribution in [2.45, 2.75) is 6.42 Å². The summed E-state index contributed by atoms with van der Waals surface area (Å²) in [5.41, 5.74) is 5.79. The Labute approximate surface area is 155 Å². The molecule has 0 aromatic heterocycles. The van der Waals surface area contributed by atoms with E-state index in [1.165, 1.54) is 23.5 Å². The van der Waals surface area contributed by atoms with Gasteiger partial charge >= 0.3 is 6.03 Å². The quantitative estimate of drug-likeness (QED) is 0.801. The molecule has 0 spiro atoms. The first-order valence-electron chi connectivity index (χ1n) is 7.63. The second-order valence-electron chi connectivity index (χ2n) is 5.61. The molecule has 2 aromatic rings. The molecule has 8 heteroatoms. The highest BCUT2D eigenvalue weighted by Gasteiger charge is 2.16. The monoisotopic (exact) mass is 378 g/mol. The highest BCUT2D eigenvalue weighted by Crippen LogP contribution is 2.35. The number of carbonyl (C=O) groups excluding carboxylic acids is 2. The molecule has 26 heavy (non-hydrogen) atoms. The van der Waals surface area contributed by atoms with Crippen molar-refractivity contribution in [1.82, 2.24) is 4.90 Å². The van der Waals surface area contributed by atoms with Crippen molar-refractivity contribution in [2.75, 3.05) is 19.4 Å². The van der Waals surface area contributed by atoms with Crippen LogP contribution in [0.25, 0.3) is 0 Å². The number of ether oxygens (including phenoxy) is 1. The minimum Gasteiger partial charge on any atom is -0.453 e. The number of halogens is 2. The molecule has 0 atom stereocenters. The first kappa shape index (κ1) is 19.5. The number of urea groups is 1. The molecule has 0 unspecified atom stereocenters. The number of amides is 3. The van der Waals surface area contributed by atoms with Crippen LogP contribution < -0.4 is 15.8 Å². The van der Waals surface area contributed by atoms with Gasteiger partial charge in [0.05, 0.1) is 5.02 Å². The molecule has 0 aliphatic rings. The summed E-state index contributed by atoms with van der Waals surface area (Å²) in [5.74, 6) is -1.09. The number of nitrogens with two attached hydrogens (primary N) is 1. The van der Waals surface area contributed by atoms with E-state index in [1.54, 1.807) is 38.4 Å². The predicted octanol–water partition coefficient (Wildman–Crippen LogP) is 3.79. The molecule has 3 amide bonds. The number of benzene rings is 2. The largest absolute Gasteiger partial charge is 0.453 e. The highest BCUT2D eigenvalue weighted by molar-refractivity contribution is 6.32. The summed E-state index contributed by atoms with van der Waals surface area (Å²) in [5, 5.41) is 2.76. The van der Waals surface area contributed by atoms with Crippen molar-refractivity contribution in [3.63, 3.8) is 0 Å². The first-order chi connectivity index (χ1) is 12.3. The number of hydrogen-bond donors (Lipinski definition) is 2. The Kier molecular flexibility index (Phi) is 6.41. The van der Waals surface area contributed by atoms with Gasteiger partial charge in [0.15, 0.2) is 11.6 Å². The summed E-state index contributed by atoms with van der Waals surface area (Å²) in [6, 6.07) is 9.01. The molecule has 0 aliphatic heterocycles. The standard InChI is InChI=1S/C18H18ClFN3O3/c1-23(2)18(25)22-12-5-7-13(8-6-12)26-17-14(19)9-3-11(16(17)20)4-10-15(21)24/h3-9H,10H2,1-2H3,(H2,21,24)(H,22,25). The van der Waals surface area contributed by atoms with Crippen LogP contribution in [0.4, 0.5) is 14.9 Å². The second kappa shape index (κ2) is 8.53. The lowest BCUT2D eigenvalue weighted by atomic mass is 10.1. The topological polar surface area (TPSA) is 84.7 Å². The van der Waals surface area contributed by atoms with Crippen molar-refractivity contribution < 1.29 is 18.7 Å². The SMILES string of the molecule is CN(C)C(=O)Nc1ccc(Oc2c(Cl)ccc([CH]CC(N)=O)c2F)cc1. The van der Waals surface area contributed by atoms with Gasteiger partial charge in [0.25, 0.3) is 0 Å². The molecule has 0 aliphatic carbocycles. The summed E-state index contributed by atoms with van der Waals surface area (Å²) in [7, 11) is 3.25. The van der Waals surface area contributed by atoms with E-state index in [4.69, 9.17) is 22.1 Å². The Morgan fingerprint density at radius 3 is 2.46 bits per heavy atom. The van der Waals surface area contributed by atoms with E-state index in [-0.39, 0.29) is 28.8 Å². The van der Waals surface area contributed by atoms with Crippen LogP contribution in [0, 0.1) is 12.2 Å². The molecular formula is C18H18ClFN3O3. The fourth-order valence-electron chi connectivity index (χ4n) is 1.97. The molecule has 2 rings (SSSR count). The van der Waals surface area contributed by atoms with Gasteiger partial charge in [0.2, 0.25) is 5.91 Å². The third-order valence-corrected chi connectivity index (χ3v) is 3.63. The predicted molar refractivity (Wildman–Crippen MR) is 97.8 cm³/mol. The first-order valence-corrected chi connectivity index (χ1v) is 8.01. The maximum absolute atomic E-state index is 14.6. The fraction of sp³-hybridized carbons (Fsp3) is 0.167. The molecule has 2 aromatic carbocycles. The number of primary amides is 1. The number of nitrogens with one attached hydrogen (secondary N) is 1. The normalized spacial score (nSPS) is 10.3. The molecule has 1 radical (unpaired) electrons.